The molecule has 0 unspecified atom stereocenters. The molecule has 0 N–H and O–H groups in total. The number of carbonyl (C=O) groups is 1. The summed E-state index contributed by atoms with van der Waals surface area (Å²) in [7, 11) is 3.00. The van der Waals surface area contributed by atoms with Crippen LogP contribution in [0.2, 0.25) is 0 Å². The van der Waals surface area contributed by atoms with Gasteiger partial charge in [0.05, 0.1) is 19.8 Å². The lowest BCUT2D eigenvalue weighted by atomic mass is 9.97. The fraction of sp³-hybridized carbons (Fsp3) is 0.158. The van der Waals surface area contributed by atoms with Gasteiger partial charge in [-0.25, -0.2) is 4.79 Å². The average molecular weight is 307 g/mol. The maximum Gasteiger partial charge on any atom is 0.338 e. The summed E-state index contributed by atoms with van der Waals surface area (Å²) in [6.07, 6.45) is 1.81. The van der Waals surface area contributed by atoms with Crippen molar-refractivity contribution in [2.24, 2.45) is 0 Å². The second-order valence-electron chi connectivity index (χ2n) is 5.30. The Morgan fingerprint density at radius 1 is 1.09 bits per heavy atom. The Kier molecular flexibility index (Phi) is 3.98. The molecule has 0 aliphatic carbocycles. The Morgan fingerprint density at radius 3 is 2.61 bits per heavy atom. The standard InChI is InChI=1S/C19H17NO3/c1-12-8-14-9-13(10-17(22-2)18(14)20-11-12)15-6-4-5-7-16(15)19(21)23-3/h4-11H,1-3H3. The lowest BCUT2D eigenvalue weighted by Crippen LogP contribution is -2.03. The van der Waals surface area contributed by atoms with Crippen molar-refractivity contribution in [1.29, 1.82) is 0 Å². The SMILES string of the molecule is COC(=O)c1ccccc1-c1cc(OC)c2ncc(C)cc2c1. The van der Waals surface area contributed by atoms with Gasteiger partial charge in [-0.2, -0.15) is 0 Å². The highest BCUT2D eigenvalue weighted by molar-refractivity contribution is 5.99. The van der Waals surface area contributed by atoms with Crippen LogP contribution in [0.5, 0.6) is 5.75 Å². The van der Waals surface area contributed by atoms with Crippen molar-refractivity contribution >= 4 is 16.9 Å². The zero-order valence-corrected chi connectivity index (χ0v) is 13.3. The molecule has 0 aliphatic rings. The van der Waals surface area contributed by atoms with E-state index in [9.17, 15) is 4.79 Å². The molecule has 0 bridgehead atoms. The molecule has 2 aromatic carbocycles. The number of pyridine rings is 1. The van der Waals surface area contributed by atoms with Crippen molar-refractivity contribution in [2.45, 2.75) is 6.92 Å². The van der Waals surface area contributed by atoms with Crippen LogP contribution in [0.3, 0.4) is 0 Å². The summed E-state index contributed by atoms with van der Waals surface area (Å²) in [4.78, 5) is 16.5. The molecule has 0 atom stereocenters. The van der Waals surface area contributed by atoms with Gasteiger partial charge in [0, 0.05) is 11.6 Å². The number of benzene rings is 2. The van der Waals surface area contributed by atoms with Crippen LogP contribution >= 0.6 is 0 Å². The monoisotopic (exact) mass is 307 g/mol. The van der Waals surface area contributed by atoms with Gasteiger partial charge in [0.15, 0.2) is 0 Å². The van der Waals surface area contributed by atoms with Crippen LogP contribution in [0.4, 0.5) is 0 Å². The first-order valence-corrected chi connectivity index (χ1v) is 7.26. The Balaban J connectivity index is 2.27. The molecule has 0 saturated heterocycles. The van der Waals surface area contributed by atoms with E-state index in [-0.39, 0.29) is 5.97 Å². The molecule has 0 radical (unpaired) electrons. The summed E-state index contributed by atoms with van der Waals surface area (Å²) in [5, 5.41) is 0.971. The van der Waals surface area contributed by atoms with Gasteiger partial charge in [-0.15, -0.1) is 0 Å². The summed E-state index contributed by atoms with van der Waals surface area (Å²) >= 11 is 0. The third-order valence-corrected chi connectivity index (χ3v) is 3.75. The van der Waals surface area contributed by atoms with Crippen molar-refractivity contribution in [2.75, 3.05) is 14.2 Å². The number of methoxy groups -OCH3 is 2. The predicted molar refractivity (Wildman–Crippen MR) is 89.8 cm³/mol. The number of aryl methyl sites for hydroxylation is 1. The third kappa shape index (κ3) is 2.75. The Bertz CT molecular complexity index is 887. The fourth-order valence-electron chi connectivity index (χ4n) is 2.66. The van der Waals surface area contributed by atoms with E-state index < -0.39 is 0 Å². The first kappa shape index (κ1) is 15.0. The molecule has 0 amide bonds. The van der Waals surface area contributed by atoms with Crippen LogP contribution in [0.15, 0.2) is 48.7 Å². The van der Waals surface area contributed by atoms with Crippen LogP contribution in [-0.2, 0) is 4.74 Å². The first-order valence-electron chi connectivity index (χ1n) is 7.26. The first-order chi connectivity index (χ1) is 11.1. The molecule has 23 heavy (non-hydrogen) atoms. The molecule has 1 heterocycles. The molecule has 116 valence electrons. The van der Waals surface area contributed by atoms with Crippen LogP contribution < -0.4 is 4.74 Å². The topological polar surface area (TPSA) is 48.4 Å². The van der Waals surface area contributed by atoms with Crippen LogP contribution in [0, 0.1) is 6.92 Å². The minimum atomic E-state index is -0.359. The van der Waals surface area contributed by atoms with Gasteiger partial charge >= 0.3 is 5.97 Å². The number of fused-ring (bicyclic) bond motifs is 1. The third-order valence-electron chi connectivity index (χ3n) is 3.75. The van der Waals surface area contributed by atoms with E-state index in [1.807, 2.05) is 43.5 Å². The van der Waals surface area contributed by atoms with Gasteiger partial charge in [-0.05, 0) is 47.9 Å². The molecule has 0 fully saturated rings. The number of esters is 1. The fourth-order valence-corrected chi connectivity index (χ4v) is 2.66. The van der Waals surface area contributed by atoms with Gasteiger partial charge in [-0.1, -0.05) is 18.2 Å². The molecule has 4 heteroatoms. The number of nitrogens with zero attached hydrogens (tertiary/aromatic N) is 1. The number of hydrogen-bond donors (Lipinski definition) is 0. The Morgan fingerprint density at radius 2 is 1.87 bits per heavy atom. The van der Waals surface area contributed by atoms with Crippen molar-refractivity contribution in [3.63, 3.8) is 0 Å². The van der Waals surface area contributed by atoms with Gasteiger partial charge in [0.2, 0.25) is 0 Å². The van der Waals surface area contributed by atoms with Gasteiger partial charge in [0.25, 0.3) is 0 Å². The van der Waals surface area contributed by atoms with Crippen molar-refractivity contribution in [1.82, 2.24) is 4.98 Å². The van der Waals surface area contributed by atoms with E-state index >= 15 is 0 Å². The van der Waals surface area contributed by atoms with E-state index in [1.54, 1.807) is 13.2 Å². The number of aromatic nitrogens is 1. The quantitative estimate of drug-likeness (QED) is 0.686. The van der Waals surface area contributed by atoms with Crippen molar-refractivity contribution in [3.8, 4) is 16.9 Å². The molecule has 4 nitrogen and oxygen atoms in total. The highest BCUT2D eigenvalue weighted by atomic mass is 16.5. The highest BCUT2D eigenvalue weighted by Gasteiger charge is 2.15. The maximum atomic E-state index is 12.0. The summed E-state index contributed by atoms with van der Waals surface area (Å²) in [6, 6.07) is 13.3. The van der Waals surface area contributed by atoms with E-state index in [1.165, 1.54) is 7.11 Å². The summed E-state index contributed by atoms with van der Waals surface area (Å²) in [5.74, 6) is 0.319. The second-order valence-corrected chi connectivity index (χ2v) is 5.30. The Hall–Kier alpha value is -2.88. The average Bonchev–Trinajstić information content (AvgIpc) is 2.59. The number of hydrogen-bond acceptors (Lipinski definition) is 4. The van der Waals surface area contributed by atoms with Crippen LogP contribution in [0.25, 0.3) is 22.0 Å². The molecule has 1 aromatic heterocycles. The molecular weight excluding hydrogens is 290 g/mol. The normalized spacial score (nSPS) is 10.6. The molecule has 0 aliphatic heterocycles. The largest absolute Gasteiger partial charge is 0.494 e. The van der Waals surface area contributed by atoms with Crippen LogP contribution in [-0.4, -0.2) is 25.2 Å². The lowest BCUT2D eigenvalue weighted by molar-refractivity contribution is 0.0601. The lowest BCUT2D eigenvalue weighted by Gasteiger charge is -2.12. The highest BCUT2D eigenvalue weighted by Crippen LogP contribution is 2.33. The number of carbonyl (C=O) groups excluding carboxylic acids is 1. The van der Waals surface area contributed by atoms with Gasteiger partial charge in [-0.3, -0.25) is 4.98 Å². The van der Waals surface area contributed by atoms with E-state index in [4.69, 9.17) is 9.47 Å². The number of ether oxygens (including phenoxy) is 2. The number of rotatable bonds is 3. The second kappa shape index (κ2) is 6.08. The zero-order chi connectivity index (χ0) is 16.4. The van der Waals surface area contributed by atoms with Gasteiger partial charge in [0.1, 0.15) is 11.3 Å². The summed E-state index contributed by atoms with van der Waals surface area (Å²) < 4.78 is 10.4. The molecule has 0 saturated carbocycles. The predicted octanol–water partition coefficient (Wildman–Crippen LogP) is 4.01. The van der Waals surface area contributed by atoms with Crippen molar-refractivity contribution < 1.29 is 14.3 Å². The minimum absolute atomic E-state index is 0.359. The Labute approximate surface area is 134 Å². The molecule has 0 spiro atoms. The van der Waals surface area contributed by atoms with Gasteiger partial charge < -0.3 is 9.47 Å². The molecular formula is C19H17NO3. The molecule has 3 aromatic rings. The van der Waals surface area contributed by atoms with E-state index in [0.29, 0.717) is 11.3 Å². The van der Waals surface area contributed by atoms with E-state index in [2.05, 4.69) is 11.1 Å². The van der Waals surface area contributed by atoms with E-state index in [0.717, 1.165) is 27.6 Å². The minimum Gasteiger partial charge on any atom is -0.494 e. The summed E-state index contributed by atoms with van der Waals surface area (Å²) in [6.45, 7) is 1.99. The zero-order valence-electron chi connectivity index (χ0n) is 13.3. The van der Waals surface area contributed by atoms with Crippen LogP contribution in [0.1, 0.15) is 15.9 Å². The molecule has 3 rings (SSSR count). The summed E-state index contributed by atoms with van der Waals surface area (Å²) in [5.41, 5.74) is 4.09. The maximum absolute atomic E-state index is 12.0. The van der Waals surface area contributed by atoms with Crippen molar-refractivity contribution in [3.05, 3.63) is 59.8 Å². The smallest absolute Gasteiger partial charge is 0.338 e.